The monoisotopic (exact) mass is 459 g/mol. The van der Waals surface area contributed by atoms with E-state index < -0.39 is 0 Å². The number of fused-ring (bicyclic) bond motifs is 3. The summed E-state index contributed by atoms with van der Waals surface area (Å²) in [6.07, 6.45) is 5.15. The number of likely N-dealkylation sites (N-methyl/N-ethyl adjacent to an activating group) is 1. The molecule has 4 aromatic rings. The topological polar surface area (TPSA) is 38.1 Å². The normalized spacial score (nSPS) is 14.3. The van der Waals surface area contributed by atoms with E-state index >= 15 is 0 Å². The first kappa shape index (κ1) is 21.2. The molecule has 0 fully saturated rings. The molecule has 3 heterocycles. The van der Waals surface area contributed by atoms with E-state index in [1.165, 1.54) is 16.0 Å². The van der Waals surface area contributed by atoms with Crippen LogP contribution in [0.25, 0.3) is 22.0 Å². The number of nitrogens with zero attached hydrogens (tertiary/aromatic N) is 3. The van der Waals surface area contributed by atoms with Crippen LogP contribution >= 0.6 is 23.1 Å². The third-order valence-corrected chi connectivity index (χ3v) is 7.71. The SMILES string of the molecule is Cc1cccc(-n2c(SCC=Cc3ccccc3)nc3sc4c(c3c2=O)CCN(C)C4)c1. The fourth-order valence-corrected chi connectivity index (χ4v) is 6.28. The van der Waals surface area contributed by atoms with E-state index in [0.29, 0.717) is 0 Å². The molecular weight excluding hydrogens is 434 g/mol. The number of rotatable bonds is 5. The van der Waals surface area contributed by atoms with Crippen LogP contribution in [-0.2, 0) is 13.0 Å². The van der Waals surface area contributed by atoms with Crippen molar-refractivity contribution in [2.75, 3.05) is 19.3 Å². The number of aromatic nitrogens is 2. The number of thioether (sulfide) groups is 1. The van der Waals surface area contributed by atoms with E-state index in [2.05, 4.69) is 55.3 Å². The molecule has 0 saturated heterocycles. The van der Waals surface area contributed by atoms with Gasteiger partial charge in [0.2, 0.25) is 0 Å². The molecule has 0 spiro atoms. The zero-order valence-electron chi connectivity index (χ0n) is 18.2. The zero-order chi connectivity index (χ0) is 22.1. The first-order chi connectivity index (χ1) is 15.6. The number of aryl methyl sites for hydroxylation is 1. The van der Waals surface area contributed by atoms with Gasteiger partial charge in [-0.1, -0.05) is 66.4 Å². The van der Waals surface area contributed by atoms with Crippen molar-refractivity contribution < 1.29 is 0 Å². The minimum absolute atomic E-state index is 0.0530. The molecule has 0 atom stereocenters. The second-order valence-corrected chi connectivity index (χ2v) is 10.2. The van der Waals surface area contributed by atoms with Gasteiger partial charge in [-0.05, 0) is 49.2 Å². The highest BCUT2D eigenvalue weighted by atomic mass is 32.2. The summed E-state index contributed by atoms with van der Waals surface area (Å²) in [4.78, 5) is 23.3. The average molecular weight is 460 g/mol. The molecule has 1 aliphatic heterocycles. The summed E-state index contributed by atoms with van der Waals surface area (Å²) < 4.78 is 1.81. The van der Waals surface area contributed by atoms with Gasteiger partial charge in [0.15, 0.2) is 5.16 Å². The highest BCUT2D eigenvalue weighted by molar-refractivity contribution is 7.99. The Balaban J connectivity index is 1.58. The number of hydrogen-bond donors (Lipinski definition) is 0. The molecule has 4 nitrogen and oxygen atoms in total. The van der Waals surface area contributed by atoms with Crippen molar-refractivity contribution in [3.63, 3.8) is 0 Å². The van der Waals surface area contributed by atoms with Crippen molar-refractivity contribution in [1.29, 1.82) is 0 Å². The van der Waals surface area contributed by atoms with Crippen molar-refractivity contribution in [3.8, 4) is 5.69 Å². The fourth-order valence-electron chi connectivity index (χ4n) is 4.11. The molecule has 162 valence electrons. The van der Waals surface area contributed by atoms with Gasteiger partial charge in [0, 0.05) is 23.7 Å². The fraction of sp³-hybridized carbons (Fsp3) is 0.231. The molecule has 0 unspecified atom stereocenters. The Morgan fingerprint density at radius 1 is 1.16 bits per heavy atom. The van der Waals surface area contributed by atoms with E-state index in [-0.39, 0.29) is 5.56 Å². The third-order valence-electron chi connectivity index (χ3n) is 5.71. The lowest BCUT2D eigenvalue weighted by molar-refractivity contribution is 0.318. The van der Waals surface area contributed by atoms with Gasteiger partial charge in [0.1, 0.15) is 4.83 Å². The number of thiophene rings is 1. The second-order valence-electron chi connectivity index (χ2n) is 8.17. The van der Waals surface area contributed by atoms with Crippen LogP contribution in [-0.4, -0.2) is 33.8 Å². The lowest BCUT2D eigenvalue weighted by Crippen LogP contribution is -2.27. The van der Waals surface area contributed by atoms with Crippen molar-refractivity contribution >= 4 is 39.4 Å². The van der Waals surface area contributed by atoms with E-state index in [1.54, 1.807) is 23.1 Å². The Labute approximate surface area is 196 Å². The van der Waals surface area contributed by atoms with Crippen LogP contribution in [0.5, 0.6) is 0 Å². The quantitative estimate of drug-likeness (QED) is 0.290. The average Bonchev–Trinajstić information content (AvgIpc) is 3.15. The highest BCUT2D eigenvalue weighted by Gasteiger charge is 2.24. The van der Waals surface area contributed by atoms with Crippen LogP contribution in [0.1, 0.15) is 21.6 Å². The van der Waals surface area contributed by atoms with Gasteiger partial charge in [-0.25, -0.2) is 4.98 Å². The molecule has 0 bridgehead atoms. The van der Waals surface area contributed by atoms with Crippen molar-refractivity contribution in [2.24, 2.45) is 0 Å². The zero-order valence-corrected chi connectivity index (χ0v) is 19.9. The minimum Gasteiger partial charge on any atom is -0.301 e. The summed E-state index contributed by atoms with van der Waals surface area (Å²) in [6.45, 7) is 3.92. The van der Waals surface area contributed by atoms with Gasteiger partial charge in [0.05, 0.1) is 11.1 Å². The summed E-state index contributed by atoms with van der Waals surface area (Å²) >= 11 is 3.28. The number of hydrogen-bond acceptors (Lipinski definition) is 5. The maximum atomic E-state index is 13.8. The van der Waals surface area contributed by atoms with Gasteiger partial charge in [0.25, 0.3) is 5.56 Å². The van der Waals surface area contributed by atoms with E-state index in [0.717, 1.165) is 51.9 Å². The van der Waals surface area contributed by atoms with Crippen LogP contribution in [0.2, 0.25) is 0 Å². The molecule has 0 radical (unpaired) electrons. The smallest absolute Gasteiger partial charge is 0.267 e. The maximum absolute atomic E-state index is 13.8. The molecule has 0 N–H and O–H groups in total. The number of benzene rings is 2. The van der Waals surface area contributed by atoms with Crippen molar-refractivity contribution in [3.05, 3.63) is 92.6 Å². The lowest BCUT2D eigenvalue weighted by Gasteiger charge is -2.21. The molecule has 0 aliphatic carbocycles. The van der Waals surface area contributed by atoms with E-state index in [4.69, 9.17) is 4.98 Å². The summed E-state index contributed by atoms with van der Waals surface area (Å²) in [5.41, 5.74) is 4.43. The third kappa shape index (κ3) is 4.18. The molecule has 1 aliphatic rings. The molecule has 32 heavy (non-hydrogen) atoms. The standard InChI is InChI=1S/C26H25N3OS2/c1-18-8-6-12-20(16-18)29-25(30)23-21-13-14-28(2)17-22(21)32-24(23)27-26(29)31-15-7-11-19-9-4-3-5-10-19/h3-12,16H,13-15,17H2,1-2H3. The van der Waals surface area contributed by atoms with Gasteiger partial charge >= 0.3 is 0 Å². The Kier molecular flexibility index (Phi) is 6.00. The van der Waals surface area contributed by atoms with Gasteiger partial charge in [-0.3, -0.25) is 9.36 Å². The Bertz CT molecular complexity index is 1360. The molecular formula is C26H25N3OS2. The maximum Gasteiger partial charge on any atom is 0.267 e. The molecule has 0 saturated carbocycles. The molecule has 5 rings (SSSR count). The molecule has 0 amide bonds. The largest absolute Gasteiger partial charge is 0.301 e. The summed E-state index contributed by atoms with van der Waals surface area (Å²) in [5.74, 6) is 0.743. The lowest BCUT2D eigenvalue weighted by atomic mass is 10.1. The Morgan fingerprint density at radius 3 is 2.81 bits per heavy atom. The molecule has 2 aromatic heterocycles. The van der Waals surface area contributed by atoms with Crippen molar-refractivity contribution in [2.45, 2.75) is 25.0 Å². The Hall–Kier alpha value is -2.67. The Morgan fingerprint density at radius 2 is 2.00 bits per heavy atom. The second kappa shape index (κ2) is 9.06. The van der Waals surface area contributed by atoms with Gasteiger partial charge < -0.3 is 4.90 Å². The van der Waals surface area contributed by atoms with Crippen LogP contribution in [0.4, 0.5) is 0 Å². The predicted octanol–water partition coefficient (Wildman–Crippen LogP) is 5.55. The van der Waals surface area contributed by atoms with Crippen LogP contribution in [0, 0.1) is 6.92 Å². The van der Waals surface area contributed by atoms with E-state index in [1.807, 2.05) is 34.9 Å². The van der Waals surface area contributed by atoms with Crippen LogP contribution < -0.4 is 5.56 Å². The first-order valence-corrected chi connectivity index (χ1v) is 12.6. The van der Waals surface area contributed by atoms with Crippen LogP contribution in [0.3, 0.4) is 0 Å². The van der Waals surface area contributed by atoms with Gasteiger partial charge in [-0.15, -0.1) is 11.3 Å². The summed E-state index contributed by atoms with van der Waals surface area (Å²) in [5, 5.41) is 1.56. The summed E-state index contributed by atoms with van der Waals surface area (Å²) in [6, 6.07) is 18.4. The van der Waals surface area contributed by atoms with Crippen molar-refractivity contribution in [1.82, 2.24) is 14.5 Å². The highest BCUT2D eigenvalue weighted by Crippen LogP contribution is 2.34. The molecule has 2 aromatic carbocycles. The van der Waals surface area contributed by atoms with E-state index in [9.17, 15) is 4.79 Å². The van der Waals surface area contributed by atoms with Crippen LogP contribution in [0.15, 0.2) is 70.6 Å². The minimum atomic E-state index is 0.0530. The van der Waals surface area contributed by atoms with Gasteiger partial charge in [-0.2, -0.15) is 0 Å². The first-order valence-electron chi connectivity index (χ1n) is 10.8. The summed E-state index contributed by atoms with van der Waals surface area (Å²) in [7, 11) is 2.13. The predicted molar refractivity (Wildman–Crippen MR) is 136 cm³/mol. The molecule has 6 heteroatoms.